The van der Waals surface area contributed by atoms with Crippen LogP contribution in [0.3, 0.4) is 0 Å². The highest BCUT2D eigenvalue weighted by Crippen LogP contribution is 2.31. The van der Waals surface area contributed by atoms with Gasteiger partial charge in [0.25, 0.3) is 5.91 Å². The number of benzene rings is 1. The topological polar surface area (TPSA) is 85.6 Å². The van der Waals surface area contributed by atoms with E-state index in [0.29, 0.717) is 24.3 Å². The van der Waals surface area contributed by atoms with Gasteiger partial charge in [-0.3, -0.25) is 4.79 Å². The molecule has 1 fully saturated rings. The molecule has 1 aliphatic rings. The van der Waals surface area contributed by atoms with Crippen LogP contribution in [0.15, 0.2) is 42.5 Å². The van der Waals surface area contributed by atoms with E-state index in [0.717, 1.165) is 19.3 Å². The largest absolute Gasteiger partial charge is 0.467 e. The van der Waals surface area contributed by atoms with E-state index in [1.165, 1.54) is 6.07 Å². The van der Waals surface area contributed by atoms with Gasteiger partial charge in [-0.05, 0) is 41.3 Å². The van der Waals surface area contributed by atoms with E-state index in [1.807, 2.05) is 18.2 Å². The van der Waals surface area contributed by atoms with Crippen LogP contribution in [0.25, 0.3) is 0 Å². The molecule has 0 bridgehead atoms. The second-order valence-corrected chi connectivity index (χ2v) is 6.33. The SMILES string of the molecule is Cc1ccc(O[C@H](C(=O)N2CCCCC2)c2ccccc2)c([N+](=O)[O-])n1. The molecule has 26 heavy (non-hydrogen) atoms. The fourth-order valence-corrected chi connectivity index (χ4v) is 3.05. The number of nitrogens with zero attached hydrogens (tertiary/aromatic N) is 3. The van der Waals surface area contributed by atoms with E-state index in [1.54, 1.807) is 30.0 Å². The van der Waals surface area contributed by atoms with E-state index in [2.05, 4.69) is 4.98 Å². The second-order valence-electron chi connectivity index (χ2n) is 6.33. The van der Waals surface area contributed by atoms with Gasteiger partial charge in [0.1, 0.15) is 5.69 Å². The Hall–Kier alpha value is -2.96. The summed E-state index contributed by atoms with van der Waals surface area (Å²) in [7, 11) is 0. The molecule has 0 radical (unpaired) electrons. The van der Waals surface area contributed by atoms with Crippen molar-refractivity contribution in [3.05, 3.63) is 63.8 Å². The van der Waals surface area contributed by atoms with Crippen molar-refractivity contribution in [2.75, 3.05) is 13.1 Å². The molecule has 1 amide bonds. The molecule has 136 valence electrons. The quantitative estimate of drug-likeness (QED) is 0.606. The van der Waals surface area contributed by atoms with Crippen LogP contribution in [0, 0.1) is 17.0 Å². The molecule has 2 heterocycles. The van der Waals surface area contributed by atoms with Gasteiger partial charge in [0, 0.05) is 25.6 Å². The van der Waals surface area contributed by atoms with Crippen LogP contribution in [0.1, 0.15) is 36.6 Å². The zero-order valence-corrected chi connectivity index (χ0v) is 14.6. The number of aromatic nitrogens is 1. The van der Waals surface area contributed by atoms with Crippen LogP contribution < -0.4 is 4.74 Å². The first-order chi connectivity index (χ1) is 12.6. The fraction of sp³-hybridized carbons (Fsp3) is 0.368. The standard InChI is InChI=1S/C19H21N3O4/c1-14-10-11-16(18(20-14)22(24)25)26-17(15-8-4-2-5-9-15)19(23)21-12-6-3-7-13-21/h2,4-5,8-11,17H,3,6-7,12-13H2,1H3/t17-/m0/s1. The molecule has 1 aromatic carbocycles. The predicted octanol–water partition coefficient (Wildman–Crippen LogP) is 3.43. The molecule has 0 aliphatic carbocycles. The molecule has 7 heteroatoms. The van der Waals surface area contributed by atoms with Crippen molar-refractivity contribution in [3.8, 4) is 5.75 Å². The zero-order valence-electron chi connectivity index (χ0n) is 14.6. The molecular formula is C19H21N3O4. The first-order valence-corrected chi connectivity index (χ1v) is 8.68. The molecule has 1 atom stereocenters. The summed E-state index contributed by atoms with van der Waals surface area (Å²) in [6.07, 6.45) is 2.09. The van der Waals surface area contributed by atoms with Gasteiger partial charge in [0.05, 0.1) is 0 Å². The highest BCUT2D eigenvalue weighted by Gasteiger charge is 2.31. The van der Waals surface area contributed by atoms with Crippen LogP contribution in [0.5, 0.6) is 5.75 Å². The average Bonchev–Trinajstić information content (AvgIpc) is 2.67. The summed E-state index contributed by atoms with van der Waals surface area (Å²) in [5.41, 5.74) is 1.18. The Bertz CT molecular complexity index is 789. The van der Waals surface area contributed by atoms with Crippen LogP contribution in [-0.2, 0) is 4.79 Å². The maximum atomic E-state index is 13.1. The van der Waals surface area contributed by atoms with E-state index in [9.17, 15) is 14.9 Å². The van der Waals surface area contributed by atoms with Gasteiger partial charge in [-0.1, -0.05) is 30.3 Å². The van der Waals surface area contributed by atoms with Gasteiger partial charge in [0.2, 0.25) is 11.9 Å². The zero-order chi connectivity index (χ0) is 18.5. The molecular weight excluding hydrogens is 334 g/mol. The number of hydrogen-bond acceptors (Lipinski definition) is 5. The lowest BCUT2D eigenvalue weighted by atomic mass is 10.1. The van der Waals surface area contributed by atoms with E-state index >= 15 is 0 Å². The maximum absolute atomic E-state index is 13.1. The van der Waals surface area contributed by atoms with Gasteiger partial charge < -0.3 is 19.8 Å². The maximum Gasteiger partial charge on any atom is 0.406 e. The molecule has 3 rings (SSSR count). The number of nitro groups is 1. The number of piperidine rings is 1. The van der Waals surface area contributed by atoms with Crippen LogP contribution >= 0.6 is 0 Å². The number of carbonyl (C=O) groups excluding carboxylic acids is 1. The highest BCUT2D eigenvalue weighted by molar-refractivity contribution is 5.83. The number of amides is 1. The van der Waals surface area contributed by atoms with Crippen molar-refractivity contribution >= 4 is 11.7 Å². The molecule has 0 N–H and O–H groups in total. The molecule has 1 aliphatic heterocycles. The number of carbonyl (C=O) groups is 1. The lowest BCUT2D eigenvalue weighted by Crippen LogP contribution is -2.40. The van der Waals surface area contributed by atoms with Crippen molar-refractivity contribution in [1.29, 1.82) is 0 Å². The summed E-state index contributed by atoms with van der Waals surface area (Å²) in [5.74, 6) is -0.553. The Kier molecular flexibility index (Phi) is 5.46. The van der Waals surface area contributed by atoms with Gasteiger partial charge in [-0.25, -0.2) is 0 Å². The number of hydrogen-bond donors (Lipinski definition) is 0. The Morgan fingerprint density at radius 2 is 1.85 bits per heavy atom. The minimum atomic E-state index is -0.933. The van der Waals surface area contributed by atoms with Crippen molar-refractivity contribution in [3.63, 3.8) is 0 Å². The second kappa shape index (κ2) is 7.95. The Labute approximate surface area is 151 Å². The van der Waals surface area contributed by atoms with Gasteiger partial charge >= 0.3 is 5.82 Å². The lowest BCUT2D eigenvalue weighted by Gasteiger charge is -2.30. The first-order valence-electron chi connectivity index (χ1n) is 8.68. The molecule has 0 spiro atoms. The van der Waals surface area contributed by atoms with Crippen LogP contribution in [0.2, 0.25) is 0 Å². The Morgan fingerprint density at radius 1 is 1.15 bits per heavy atom. The summed E-state index contributed by atoms with van der Waals surface area (Å²) in [4.78, 5) is 29.5. The summed E-state index contributed by atoms with van der Waals surface area (Å²) >= 11 is 0. The Balaban J connectivity index is 1.94. The van der Waals surface area contributed by atoms with Gasteiger partial charge in [-0.2, -0.15) is 0 Å². The molecule has 7 nitrogen and oxygen atoms in total. The fourth-order valence-electron chi connectivity index (χ4n) is 3.05. The minimum Gasteiger partial charge on any atom is -0.467 e. The third kappa shape index (κ3) is 3.99. The molecule has 2 aromatic rings. The van der Waals surface area contributed by atoms with Crippen LogP contribution in [0.4, 0.5) is 5.82 Å². The monoisotopic (exact) mass is 355 g/mol. The smallest absolute Gasteiger partial charge is 0.406 e. The normalized spacial score (nSPS) is 15.3. The summed E-state index contributed by atoms with van der Waals surface area (Å²) in [5, 5.41) is 11.3. The van der Waals surface area contributed by atoms with E-state index in [4.69, 9.17) is 4.74 Å². The van der Waals surface area contributed by atoms with Gasteiger partial charge in [0.15, 0.2) is 0 Å². The lowest BCUT2D eigenvalue weighted by molar-refractivity contribution is -0.390. The van der Waals surface area contributed by atoms with E-state index < -0.39 is 11.0 Å². The van der Waals surface area contributed by atoms with Crippen LogP contribution in [-0.4, -0.2) is 33.8 Å². The number of aryl methyl sites for hydroxylation is 1. The summed E-state index contributed by atoms with van der Waals surface area (Å²) < 4.78 is 5.87. The summed E-state index contributed by atoms with van der Waals surface area (Å²) in [6.45, 7) is 3.03. The third-order valence-corrected chi connectivity index (χ3v) is 4.39. The van der Waals surface area contributed by atoms with E-state index in [-0.39, 0.29) is 17.5 Å². The predicted molar refractivity (Wildman–Crippen MR) is 95.9 cm³/mol. The third-order valence-electron chi connectivity index (χ3n) is 4.39. The molecule has 0 saturated carbocycles. The minimum absolute atomic E-state index is 0.000174. The average molecular weight is 355 g/mol. The number of rotatable bonds is 5. The Morgan fingerprint density at radius 3 is 2.50 bits per heavy atom. The number of ether oxygens (including phenoxy) is 1. The highest BCUT2D eigenvalue weighted by atomic mass is 16.6. The van der Waals surface area contributed by atoms with Crippen molar-refractivity contribution in [2.24, 2.45) is 0 Å². The first kappa shape index (κ1) is 17.8. The molecule has 1 saturated heterocycles. The van der Waals surface area contributed by atoms with Crippen molar-refractivity contribution in [2.45, 2.75) is 32.3 Å². The number of likely N-dealkylation sites (tertiary alicyclic amines) is 1. The number of pyridine rings is 1. The molecule has 0 unspecified atom stereocenters. The van der Waals surface area contributed by atoms with Crippen molar-refractivity contribution < 1.29 is 14.5 Å². The van der Waals surface area contributed by atoms with Crippen molar-refractivity contribution in [1.82, 2.24) is 9.88 Å². The van der Waals surface area contributed by atoms with Gasteiger partial charge in [-0.15, -0.1) is 0 Å². The summed E-state index contributed by atoms with van der Waals surface area (Å²) in [6, 6.07) is 12.2. The molecule has 1 aromatic heterocycles.